The van der Waals surface area contributed by atoms with Crippen molar-refractivity contribution in [3.63, 3.8) is 0 Å². The molecule has 1 atom stereocenters. The van der Waals surface area contributed by atoms with Gasteiger partial charge in [-0.2, -0.15) is 5.10 Å². The van der Waals surface area contributed by atoms with Crippen molar-refractivity contribution in [3.8, 4) is 17.0 Å². The monoisotopic (exact) mass is 434 g/mol. The molecule has 4 N–H and O–H groups in total. The molecule has 0 radical (unpaired) electrons. The molecule has 1 aliphatic rings. The molecular formula is C25H30N4O3. The molecule has 0 aliphatic heterocycles. The third-order valence-corrected chi connectivity index (χ3v) is 6.19. The summed E-state index contributed by atoms with van der Waals surface area (Å²) in [4.78, 5) is 12.5. The first-order valence-electron chi connectivity index (χ1n) is 11.0. The Morgan fingerprint density at radius 2 is 1.91 bits per heavy atom. The average molecular weight is 435 g/mol. The molecule has 1 unspecified atom stereocenters. The Morgan fingerprint density at radius 3 is 2.56 bits per heavy atom. The highest BCUT2D eigenvalue weighted by molar-refractivity contribution is 5.96. The number of nitrogens with one attached hydrogen (secondary N) is 1. The van der Waals surface area contributed by atoms with Gasteiger partial charge in [-0.1, -0.05) is 49.2 Å². The molecule has 7 heteroatoms. The number of nitrogens with zero attached hydrogens (tertiary/aromatic N) is 2. The Balaban J connectivity index is 1.51. The number of aliphatic hydroxyl groups is 1. The molecule has 1 heterocycles. The summed E-state index contributed by atoms with van der Waals surface area (Å²) in [5.41, 5.74) is 10.6. The molecule has 0 bridgehead atoms. The zero-order valence-electron chi connectivity index (χ0n) is 18.5. The molecule has 2 aromatic carbocycles. The zero-order valence-corrected chi connectivity index (χ0v) is 18.5. The fraction of sp³-hybridized carbons (Fsp3) is 0.360. The standard InChI is InChI=1S/C25H30N4O3/c1-16-22(24(26)30)23(28-29(16)19-7-3-4-8-19)18-13-11-17(12-14-18)15-27-25(31)20-9-5-6-10-21(20)32-2/h5-6,9-14,19,24,30H,3-4,7-8,15,26H2,1-2H3,(H,27,31). The highest BCUT2D eigenvalue weighted by Gasteiger charge is 2.26. The van der Waals surface area contributed by atoms with E-state index < -0.39 is 6.23 Å². The van der Waals surface area contributed by atoms with Crippen LogP contribution in [-0.2, 0) is 6.54 Å². The average Bonchev–Trinajstić information content (AvgIpc) is 3.45. The Morgan fingerprint density at radius 1 is 1.22 bits per heavy atom. The quantitative estimate of drug-likeness (QED) is 0.490. The first kappa shape index (κ1) is 22.0. The number of hydrogen-bond acceptors (Lipinski definition) is 5. The fourth-order valence-corrected chi connectivity index (χ4v) is 4.49. The lowest BCUT2D eigenvalue weighted by Crippen LogP contribution is -2.23. The van der Waals surface area contributed by atoms with Crippen LogP contribution in [0.15, 0.2) is 48.5 Å². The van der Waals surface area contributed by atoms with Crippen molar-refractivity contribution >= 4 is 5.91 Å². The lowest BCUT2D eigenvalue weighted by atomic mass is 10.0. The van der Waals surface area contributed by atoms with Crippen LogP contribution < -0.4 is 15.8 Å². The number of carbonyl (C=O) groups excluding carboxylic acids is 1. The van der Waals surface area contributed by atoms with Gasteiger partial charge < -0.3 is 20.9 Å². The Bertz CT molecular complexity index is 1080. The molecule has 1 fully saturated rings. The van der Waals surface area contributed by atoms with E-state index in [-0.39, 0.29) is 5.91 Å². The van der Waals surface area contributed by atoms with Gasteiger partial charge in [-0.05, 0) is 37.5 Å². The number of amides is 1. The summed E-state index contributed by atoms with van der Waals surface area (Å²) < 4.78 is 7.30. The maximum atomic E-state index is 12.5. The highest BCUT2D eigenvalue weighted by Crippen LogP contribution is 2.35. The molecule has 1 amide bonds. The van der Waals surface area contributed by atoms with Gasteiger partial charge in [-0.15, -0.1) is 0 Å². The smallest absolute Gasteiger partial charge is 0.255 e. The van der Waals surface area contributed by atoms with Crippen molar-refractivity contribution in [2.45, 2.75) is 51.4 Å². The third kappa shape index (κ3) is 4.40. The van der Waals surface area contributed by atoms with Crippen molar-refractivity contribution in [2.24, 2.45) is 5.73 Å². The van der Waals surface area contributed by atoms with Gasteiger partial charge in [0.05, 0.1) is 24.4 Å². The van der Waals surface area contributed by atoms with Crippen LogP contribution in [0.3, 0.4) is 0 Å². The molecule has 4 rings (SSSR count). The molecule has 0 spiro atoms. The minimum Gasteiger partial charge on any atom is -0.496 e. The molecule has 1 saturated carbocycles. The number of nitrogens with two attached hydrogens (primary N) is 1. The largest absolute Gasteiger partial charge is 0.496 e. The maximum absolute atomic E-state index is 12.5. The van der Waals surface area contributed by atoms with Crippen LogP contribution in [0, 0.1) is 6.92 Å². The van der Waals surface area contributed by atoms with Crippen LogP contribution in [0.4, 0.5) is 0 Å². The second-order valence-electron chi connectivity index (χ2n) is 8.26. The Kier molecular flexibility index (Phi) is 6.58. The number of ether oxygens (including phenoxy) is 1. The van der Waals surface area contributed by atoms with Crippen molar-refractivity contribution in [1.29, 1.82) is 0 Å². The van der Waals surface area contributed by atoms with Crippen LogP contribution in [0.1, 0.15) is 65.1 Å². The summed E-state index contributed by atoms with van der Waals surface area (Å²) in [5.74, 6) is 0.354. The van der Waals surface area contributed by atoms with Crippen LogP contribution in [0.2, 0.25) is 0 Å². The van der Waals surface area contributed by atoms with Crippen LogP contribution in [0.5, 0.6) is 5.75 Å². The van der Waals surface area contributed by atoms with Crippen molar-refractivity contribution in [2.75, 3.05) is 7.11 Å². The summed E-state index contributed by atoms with van der Waals surface area (Å²) in [7, 11) is 1.55. The van der Waals surface area contributed by atoms with Gasteiger partial charge in [-0.25, -0.2) is 0 Å². The SMILES string of the molecule is COc1ccccc1C(=O)NCc1ccc(-c2nn(C3CCCC3)c(C)c2C(N)O)cc1. The molecule has 168 valence electrons. The topological polar surface area (TPSA) is 102 Å². The lowest BCUT2D eigenvalue weighted by molar-refractivity contribution is 0.0948. The van der Waals surface area contributed by atoms with Gasteiger partial charge >= 0.3 is 0 Å². The van der Waals surface area contributed by atoms with E-state index >= 15 is 0 Å². The highest BCUT2D eigenvalue weighted by atomic mass is 16.5. The Hall–Kier alpha value is -3.16. The van der Waals surface area contributed by atoms with E-state index in [9.17, 15) is 9.90 Å². The molecule has 1 aromatic heterocycles. The number of rotatable bonds is 7. The zero-order chi connectivity index (χ0) is 22.7. The summed E-state index contributed by atoms with van der Waals surface area (Å²) in [6, 6.07) is 15.3. The third-order valence-electron chi connectivity index (χ3n) is 6.19. The predicted molar refractivity (Wildman–Crippen MR) is 123 cm³/mol. The first-order chi connectivity index (χ1) is 15.5. The van der Waals surface area contributed by atoms with Gasteiger partial charge in [0, 0.05) is 23.4 Å². The minimum atomic E-state index is -1.08. The van der Waals surface area contributed by atoms with Gasteiger partial charge in [0.2, 0.25) is 0 Å². The van der Waals surface area contributed by atoms with E-state index in [1.807, 2.05) is 48.0 Å². The van der Waals surface area contributed by atoms with Crippen LogP contribution >= 0.6 is 0 Å². The lowest BCUT2D eigenvalue weighted by Gasteiger charge is -2.13. The molecule has 32 heavy (non-hydrogen) atoms. The number of para-hydroxylation sites is 1. The van der Waals surface area contributed by atoms with Crippen molar-refractivity contribution in [3.05, 3.63) is 70.9 Å². The number of aromatic nitrogens is 2. The minimum absolute atomic E-state index is 0.189. The number of methoxy groups -OCH3 is 1. The van der Waals surface area contributed by atoms with Gasteiger partial charge in [0.1, 0.15) is 12.0 Å². The Labute approximate surface area is 188 Å². The fourth-order valence-electron chi connectivity index (χ4n) is 4.49. The predicted octanol–water partition coefficient (Wildman–Crippen LogP) is 3.86. The van der Waals surface area contributed by atoms with E-state index in [4.69, 9.17) is 15.6 Å². The second kappa shape index (κ2) is 9.54. The second-order valence-corrected chi connectivity index (χ2v) is 8.26. The number of aliphatic hydroxyl groups excluding tert-OH is 1. The van der Waals surface area contributed by atoms with E-state index in [1.54, 1.807) is 19.2 Å². The van der Waals surface area contributed by atoms with E-state index in [0.717, 1.165) is 29.7 Å². The summed E-state index contributed by atoms with van der Waals surface area (Å²) in [6.45, 7) is 2.36. The van der Waals surface area contributed by atoms with E-state index in [0.29, 0.717) is 35.2 Å². The number of hydrogen-bond donors (Lipinski definition) is 3. The first-order valence-corrected chi connectivity index (χ1v) is 11.0. The van der Waals surface area contributed by atoms with E-state index in [2.05, 4.69) is 5.32 Å². The van der Waals surface area contributed by atoms with E-state index in [1.165, 1.54) is 12.8 Å². The van der Waals surface area contributed by atoms with Gasteiger partial charge in [0.25, 0.3) is 5.91 Å². The van der Waals surface area contributed by atoms with Crippen LogP contribution in [-0.4, -0.2) is 27.9 Å². The number of carbonyl (C=O) groups is 1. The van der Waals surface area contributed by atoms with Crippen LogP contribution in [0.25, 0.3) is 11.3 Å². The van der Waals surface area contributed by atoms with Gasteiger partial charge in [0.15, 0.2) is 0 Å². The molecule has 1 aliphatic carbocycles. The normalized spacial score (nSPS) is 15.0. The summed E-state index contributed by atoms with van der Waals surface area (Å²) in [6.07, 6.45) is 3.53. The maximum Gasteiger partial charge on any atom is 0.255 e. The summed E-state index contributed by atoms with van der Waals surface area (Å²) >= 11 is 0. The van der Waals surface area contributed by atoms with Crippen molar-refractivity contribution < 1.29 is 14.6 Å². The molecule has 7 nitrogen and oxygen atoms in total. The number of benzene rings is 2. The molecule has 0 saturated heterocycles. The molecular weight excluding hydrogens is 404 g/mol. The molecule has 3 aromatic rings. The van der Waals surface area contributed by atoms with Gasteiger partial charge in [-0.3, -0.25) is 9.48 Å². The van der Waals surface area contributed by atoms with Crippen molar-refractivity contribution in [1.82, 2.24) is 15.1 Å². The summed E-state index contributed by atoms with van der Waals surface area (Å²) in [5, 5.41) is 18.0.